The molecule has 0 radical (unpaired) electrons. The molecule has 0 bridgehead atoms. The van der Waals surface area contributed by atoms with E-state index in [0.717, 1.165) is 37.1 Å². The maximum absolute atomic E-state index is 13.1. The molecule has 1 atom stereocenters. The molecule has 3 aliphatic heterocycles. The summed E-state index contributed by atoms with van der Waals surface area (Å²) in [7, 11) is 2.01. The summed E-state index contributed by atoms with van der Waals surface area (Å²) in [6.45, 7) is 3.80. The second-order valence-corrected chi connectivity index (χ2v) is 8.31. The summed E-state index contributed by atoms with van der Waals surface area (Å²) in [5.74, 6) is 2.02. The van der Waals surface area contributed by atoms with Gasteiger partial charge in [0.1, 0.15) is 19.0 Å². The van der Waals surface area contributed by atoms with Crippen LogP contribution in [-0.4, -0.2) is 65.6 Å². The Kier molecular flexibility index (Phi) is 4.94. The molecule has 0 saturated carbocycles. The van der Waals surface area contributed by atoms with Crippen molar-refractivity contribution < 1.29 is 14.3 Å². The largest absolute Gasteiger partial charge is 0.486 e. The van der Waals surface area contributed by atoms with Gasteiger partial charge in [-0.15, -0.1) is 0 Å². The van der Waals surface area contributed by atoms with Gasteiger partial charge < -0.3 is 24.3 Å². The van der Waals surface area contributed by atoms with Crippen LogP contribution in [0.15, 0.2) is 23.0 Å². The average Bonchev–Trinajstić information content (AvgIpc) is 2.78. The third-order valence-electron chi connectivity index (χ3n) is 6.16. The van der Waals surface area contributed by atoms with Crippen LogP contribution in [0.3, 0.4) is 0 Å². The van der Waals surface area contributed by atoms with Crippen molar-refractivity contribution in [2.24, 2.45) is 0 Å². The number of piperidine rings is 1. The van der Waals surface area contributed by atoms with Gasteiger partial charge in [0.15, 0.2) is 11.5 Å². The van der Waals surface area contributed by atoms with Gasteiger partial charge in [0.2, 0.25) is 0 Å². The van der Waals surface area contributed by atoms with Crippen molar-refractivity contribution in [3.63, 3.8) is 0 Å². The van der Waals surface area contributed by atoms with Gasteiger partial charge in [0, 0.05) is 44.1 Å². The topological polar surface area (TPSA) is 87.8 Å². The number of amides is 1. The molecule has 4 heterocycles. The zero-order chi connectivity index (χ0) is 20.7. The van der Waals surface area contributed by atoms with Crippen molar-refractivity contribution in [2.75, 3.05) is 39.9 Å². The number of nitrogens with zero attached hydrogens (tertiary/aromatic N) is 3. The summed E-state index contributed by atoms with van der Waals surface area (Å²) in [5, 5.41) is 0. The van der Waals surface area contributed by atoms with Gasteiger partial charge in [-0.25, -0.2) is 4.98 Å². The van der Waals surface area contributed by atoms with Gasteiger partial charge in [-0.1, -0.05) is 0 Å². The number of likely N-dealkylation sites (N-methyl/N-ethyl adjacent to an activating group) is 1. The van der Waals surface area contributed by atoms with Gasteiger partial charge in [0.25, 0.3) is 11.5 Å². The van der Waals surface area contributed by atoms with Crippen LogP contribution >= 0.6 is 0 Å². The number of aromatic nitrogens is 2. The monoisotopic (exact) mass is 410 g/mol. The van der Waals surface area contributed by atoms with E-state index in [1.54, 1.807) is 18.2 Å². The van der Waals surface area contributed by atoms with Gasteiger partial charge in [0.05, 0.1) is 11.3 Å². The summed E-state index contributed by atoms with van der Waals surface area (Å²) < 4.78 is 11.2. The fraction of sp³-hybridized carbons (Fsp3) is 0.500. The van der Waals surface area contributed by atoms with Gasteiger partial charge in [-0.3, -0.25) is 9.59 Å². The van der Waals surface area contributed by atoms with Crippen molar-refractivity contribution in [3.05, 3.63) is 51.2 Å². The summed E-state index contributed by atoms with van der Waals surface area (Å²) >= 11 is 0. The number of H-pyrrole nitrogens is 1. The highest BCUT2D eigenvalue weighted by Crippen LogP contribution is 2.32. The zero-order valence-electron chi connectivity index (χ0n) is 17.1. The molecule has 5 rings (SSSR count). The van der Waals surface area contributed by atoms with E-state index < -0.39 is 0 Å². The normalized spacial score (nSPS) is 21.2. The maximum atomic E-state index is 13.1. The van der Waals surface area contributed by atoms with Crippen LogP contribution in [0.5, 0.6) is 11.5 Å². The van der Waals surface area contributed by atoms with Crippen molar-refractivity contribution in [1.29, 1.82) is 0 Å². The molecule has 1 amide bonds. The molecule has 0 aliphatic carbocycles. The Bertz CT molecular complexity index is 1030. The molecule has 1 N–H and O–H groups in total. The van der Waals surface area contributed by atoms with Crippen LogP contribution in [0.4, 0.5) is 0 Å². The van der Waals surface area contributed by atoms with Gasteiger partial charge in [-0.05, 0) is 38.1 Å². The molecule has 30 heavy (non-hydrogen) atoms. The summed E-state index contributed by atoms with van der Waals surface area (Å²) in [6.07, 6.45) is 2.58. The summed E-state index contributed by atoms with van der Waals surface area (Å²) in [4.78, 5) is 37.5. The van der Waals surface area contributed by atoms with Crippen LogP contribution in [0.25, 0.3) is 0 Å². The smallest absolute Gasteiger partial charge is 0.255 e. The number of benzene rings is 1. The van der Waals surface area contributed by atoms with Crippen molar-refractivity contribution in [1.82, 2.24) is 19.8 Å². The third-order valence-corrected chi connectivity index (χ3v) is 6.16. The van der Waals surface area contributed by atoms with E-state index in [9.17, 15) is 9.59 Å². The van der Waals surface area contributed by atoms with Crippen LogP contribution in [0, 0.1) is 0 Å². The Morgan fingerprint density at radius 2 is 2.03 bits per heavy atom. The number of hydrogen-bond donors (Lipinski definition) is 1. The Morgan fingerprint density at radius 3 is 2.90 bits per heavy atom. The van der Waals surface area contributed by atoms with E-state index in [-0.39, 0.29) is 17.4 Å². The number of hydrogen-bond acceptors (Lipinski definition) is 6. The molecular formula is C22H26N4O4. The zero-order valence-corrected chi connectivity index (χ0v) is 17.1. The van der Waals surface area contributed by atoms with E-state index in [0.29, 0.717) is 55.7 Å². The van der Waals surface area contributed by atoms with Crippen LogP contribution in [0.2, 0.25) is 0 Å². The number of ether oxygens (including phenoxy) is 2. The van der Waals surface area contributed by atoms with Crippen LogP contribution in [0.1, 0.15) is 46.2 Å². The maximum Gasteiger partial charge on any atom is 0.255 e. The fourth-order valence-corrected chi connectivity index (χ4v) is 4.52. The SMILES string of the molecule is CN1CCc2nc(C3CCCN(C(=O)c4ccc5c(c4)OCCO5)C3)[nH]c(=O)c2C1. The second kappa shape index (κ2) is 7.75. The predicted molar refractivity (Wildman–Crippen MR) is 110 cm³/mol. The number of fused-ring (bicyclic) bond motifs is 2. The molecule has 1 unspecified atom stereocenters. The Labute approximate surface area is 174 Å². The number of rotatable bonds is 2. The minimum atomic E-state index is -0.0446. The summed E-state index contributed by atoms with van der Waals surface area (Å²) in [5.41, 5.74) is 2.22. The lowest BCUT2D eigenvalue weighted by Crippen LogP contribution is -2.40. The molecule has 1 aromatic carbocycles. The first-order valence-electron chi connectivity index (χ1n) is 10.6. The first-order chi connectivity index (χ1) is 14.6. The number of nitrogens with one attached hydrogen (secondary N) is 1. The van der Waals surface area contributed by atoms with Gasteiger partial charge in [-0.2, -0.15) is 0 Å². The molecule has 2 aromatic rings. The van der Waals surface area contributed by atoms with E-state index >= 15 is 0 Å². The predicted octanol–water partition coefficient (Wildman–Crippen LogP) is 1.55. The lowest BCUT2D eigenvalue weighted by atomic mass is 9.95. The molecule has 8 nitrogen and oxygen atoms in total. The average molecular weight is 410 g/mol. The molecule has 1 saturated heterocycles. The minimum Gasteiger partial charge on any atom is -0.486 e. The highest BCUT2D eigenvalue weighted by molar-refractivity contribution is 5.95. The number of carbonyl (C=O) groups excluding carboxylic acids is 1. The van der Waals surface area contributed by atoms with Gasteiger partial charge >= 0.3 is 0 Å². The standard InChI is InChI=1S/C22H26N4O4/c1-25-8-6-17-16(13-25)21(27)24-20(23-17)15-3-2-7-26(12-15)22(28)14-4-5-18-19(11-14)30-10-9-29-18/h4-5,11,15H,2-3,6-10,12-13H2,1H3,(H,23,24,27). The second-order valence-electron chi connectivity index (χ2n) is 8.31. The lowest BCUT2D eigenvalue weighted by Gasteiger charge is -2.33. The molecule has 158 valence electrons. The highest BCUT2D eigenvalue weighted by Gasteiger charge is 2.29. The number of aromatic amines is 1. The van der Waals surface area contributed by atoms with Crippen molar-refractivity contribution in [2.45, 2.75) is 31.7 Å². The molecular weight excluding hydrogens is 384 g/mol. The van der Waals surface area contributed by atoms with Crippen LogP contribution in [-0.2, 0) is 13.0 Å². The first kappa shape index (κ1) is 19.1. The van der Waals surface area contributed by atoms with Crippen LogP contribution < -0.4 is 15.0 Å². The quantitative estimate of drug-likeness (QED) is 0.808. The third kappa shape index (κ3) is 3.56. The summed E-state index contributed by atoms with van der Waals surface area (Å²) in [6, 6.07) is 5.34. The van der Waals surface area contributed by atoms with E-state index in [4.69, 9.17) is 14.5 Å². The Balaban J connectivity index is 1.36. The van der Waals surface area contributed by atoms with E-state index in [1.165, 1.54) is 0 Å². The molecule has 3 aliphatic rings. The lowest BCUT2D eigenvalue weighted by molar-refractivity contribution is 0.0703. The van der Waals surface area contributed by atoms with Crippen molar-refractivity contribution >= 4 is 5.91 Å². The Hall–Kier alpha value is -2.87. The molecule has 8 heteroatoms. The fourth-order valence-electron chi connectivity index (χ4n) is 4.52. The molecule has 1 fully saturated rings. The van der Waals surface area contributed by atoms with Crippen molar-refractivity contribution in [3.8, 4) is 11.5 Å². The molecule has 1 aromatic heterocycles. The number of carbonyl (C=O) groups is 1. The number of likely N-dealkylation sites (tertiary alicyclic amines) is 1. The van der Waals surface area contributed by atoms with E-state index in [2.05, 4.69) is 9.88 Å². The highest BCUT2D eigenvalue weighted by atomic mass is 16.6. The molecule has 0 spiro atoms. The van der Waals surface area contributed by atoms with E-state index in [1.807, 2.05) is 11.9 Å². The minimum absolute atomic E-state index is 0.0291. The Morgan fingerprint density at radius 1 is 1.20 bits per heavy atom. The first-order valence-corrected chi connectivity index (χ1v) is 10.6.